The predicted octanol–water partition coefficient (Wildman–Crippen LogP) is 5.42. The van der Waals surface area contributed by atoms with E-state index in [4.69, 9.17) is 9.15 Å². The van der Waals surface area contributed by atoms with E-state index in [1.54, 1.807) is 7.11 Å². The van der Waals surface area contributed by atoms with Crippen LogP contribution < -0.4 is 15.4 Å². The molecule has 2 saturated carbocycles. The van der Waals surface area contributed by atoms with Crippen molar-refractivity contribution in [2.45, 2.75) is 83.8 Å². The summed E-state index contributed by atoms with van der Waals surface area (Å²) in [5.74, 6) is 2.37. The van der Waals surface area contributed by atoms with E-state index < -0.39 is 0 Å². The Labute approximate surface area is 179 Å². The van der Waals surface area contributed by atoms with Crippen LogP contribution in [0.3, 0.4) is 0 Å². The van der Waals surface area contributed by atoms with Crippen molar-refractivity contribution in [2.24, 2.45) is 11.8 Å². The number of hydrogen-bond acceptors (Lipinski definition) is 4. The van der Waals surface area contributed by atoms with Crippen molar-refractivity contribution in [3.8, 4) is 5.75 Å². The van der Waals surface area contributed by atoms with E-state index in [2.05, 4.69) is 30.5 Å². The quantitative estimate of drug-likeness (QED) is 0.665. The zero-order valence-electron chi connectivity index (χ0n) is 18.6. The Morgan fingerprint density at radius 3 is 2.67 bits per heavy atom. The van der Waals surface area contributed by atoms with E-state index in [0.29, 0.717) is 29.1 Å². The molecule has 2 N–H and O–H groups in total. The topological polar surface area (TPSA) is 63.5 Å². The molecule has 5 nitrogen and oxygen atoms in total. The summed E-state index contributed by atoms with van der Waals surface area (Å²) in [6, 6.07) is 6.71. The van der Waals surface area contributed by atoms with Crippen molar-refractivity contribution in [3.05, 3.63) is 29.5 Å². The summed E-state index contributed by atoms with van der Waals surface area (Å²) in [4.78, 5) is 12.8. The van der Waals surface area contributed by atoms with Crippen LogP contribution in [0.4, 0.5) is 0 Å². The molecule has 1 aromatic carbocycles. The molecule has 0 bridgehead atoms. The number of nitrogens with one attached hydrogen (secondary N) is 2. The fraction of sp³-hybridized carbons (Fsp3) is 0.640. The summed E-state index contributed by atoms with van der Waals surface area (Å²) in [6.07, 6.45) is 9.60. The summed E-state index contributed by atoms with van der Waals surface area (Å²) < 4.78 is 11.5. The van der Waals surface area contributed by atoms with Gasteiger partial charge >= 0.3 is 0 Å². The van der Waals surface area contributed by atoms with Gasteiger partial charge in [-0.2, -0.15) is 0 Å². The standard InChI is InChI=1S/C25H36N2O3/c1-16-8-7-11-21(17(16)2)26-15-18-12-13-22(29-3)24-20(18)14-23(30-24)25(28)27-19-9-5-4-6-10-19/h12-14,16-17,19,21,26H,4-11,15H2,1-3H3,(H,27,28). The zero-order chi connectivity index (χ0) is 21.1. The molecule has 5 heteroatoms. The van der Waals surface area contributed by atoms with Gasteiger partial charge in [-0.1, -0.05) is 52.0 Å². The lowest BCUT2D eigenvalue weighted by Crippen LogP contribution is -2.40. The van der Waals surface area contributed by atoms with Crippen molar-refractivity contribution >= 4 is 16.9 Å². The third-order valence-electron chi connectivity index (χ3n) is 7.38. The highest BCUT2D eigenvalue weighted by atomic mass is 16.5. The van der Waals surface area contributed by atoms with Crippen LogP contribution in [0.1, 0.15) is 81.3 Å². The van der Waals surface area contributed by atoms with Crippen molar-refractivity contribution < 1.29 is 13.9 Å². The van der Waals surface area contributed by atoms with Gasteiger partial charge in [-0.3, -0.25) is 4.79 Å². The van der Waals surface area contributed by atoms with E-state index >= 15 is 0 Å². The third-order valence-corrected chi connectivity index (χ3v) is 7.38. The van der Waals surface area contributed by atoms with Gasteiger partial charge in [0.05, 0.1) is 7.11 Å². The third kappa shape index (κ3) is 4.51. The van der Waals surface area contributed by atoms with Crippen LogP contribution in [0.15, 0.2) is 22.6 Å². The van der Waals surface area contributed by atoms with Crippen LogP contribution in [-0.4, -0.2) is 25.1 Å². The number of benzene rings is 1. The van der Waals surface area contributed by atoms with Crippen LogP contribution in [-0.2, 0) is 6.54 Å². The van der Waals surface area contributed by atoms with E-state index in [9.17, 15) is 4.79 Å². The van der Waals surface area contributed by atoms with Crippen molar-refractivity contribution in [3.63, 3.8) is 0 Å². The maximum Gasteiger partial charge on any atom is 0.287 e. The zero-order valence-corrected chi connectivity index (χ0v) is 18.6. The molecule has 2 fully saturated rings. The number of ether oxygens (including phenoxy) is 1. The van der Waals surface area contributed by atoms with Crippen molar-refractivity contribution in [1.82, 2.24) is 10.6 Å². The molecular weight excluding hydrogens is 376 g/mol. The molecule has 2 aliphatic carbocycles. The SMILES string of the molecule is COc1ccc(CNC2CCCC(C)C2C)c2cc(C(=O)NC3CCCCC3)oc12. The van der Waals surface area contributed by atoms with Crippen LogP contribution in [0.2, 0.25) is 0 Å². The van der Waals surface area contributed by atoms with Crippen molar-refractivity contribution in [2.75, 3.05) is 7.11 Å². The van der Waals surface area contributed by atoms with E-state index in [-0.39, 0.29) is 11.9 Å². The smallest absolute Gasteiger partial charge is 0.287 e. The average Bonchev–Trinajstić information content (AvgIpc) is 3.21. The fourth-order valence-corrected chi connectivity index (χ4v) is 5.20. The molecule has 2 aliphatic rings. The van der Waals surface area contributed by atoms with Gasteiger partial charge in [0.25, 0.3) is 5.91 Å². The minimum absolute atomic E-state index is 0.117. The van der Waals surface area contributed by atoms with Gasteiger partial charge in [-0.15, -0.1) is 0 Å². The largest absolute Gasteiger partial charge is 0.493 e. The highest BCUT2D eigenvalue weighted by Crippen LogP contribution is 2.33. The number of carbonyl (C=O) groups is 1. The lowest BCUT2D eigenvalue weighted by Gasteiger charge is -2.34. The van der Waals surface area contributed by atoms with E-state index in [0.717, 1.165) is 36.3 Å². The number of methoxy groups -OCH3 is 1. The number of rotatable bonds is 6. The first kappa shape index (κ1) is 21.2. The van der Waals surface area contributed by atoms with Gasteiger partial charge in [0.15, 0.2) is 17.1 Å². The van der Waals surface area contributed by atoms with Gasteiger partial charge in [0.1, 0.15) is 0 Å². The van der Waals surface area contributed by atoms with E-state index in [1.165, 1.54) is 38.5 Å². The molecule has 1 aromatic heterocycles. The first-order valence-electron chi connectivity index (χ1n) is 11.7. The Balaban J connectivity index is 1.52. The predicted molar refractivity (Wildman–Crippen MR) is 120 cm³/mol. The minimum Gasteiger partial charge on any atom is -0.493 e. The molecule has 164 valence electrons. The lowest BCUT2D eigenvalue weighted by atomic mass is 9.78. The summed E-state index contributed by atoms with van der Waals surface area (Å²) >= 11 is 0. The number of amides is 1. The van der Waals surface area contributed by atoms with E-state index in [1.807, 2.05) is 12.1 Å². The van der Waals surface area contributed by atoms with Crippen LogP contribution >= 0.6 is 0 Å². The molecule has 2 aromatic rings. The van der Waals surface area contributed by atoms with Crippen LogP contribution in [0.25, 0.3) is 11.0 Å². The number of hydrogen-bond donors (Lipinski definition) is 2. The Morgan fingerprint density at radius 1 is 1.10 bits per heavy atom. The Morgan fingerprint density at radius 2 is 1.90 bits per heavy atom. The van der Waals surface area contributed by atoms with Gasteiger partial charge in [-0.05, 0) is 48.8 Å². The molecule has 0 radical (unpaired) electrons. The van der Waals surface area contributed by atoms with Crippen LogP contribution in [0.5, 0.6) is 5.75 Å². The molecule has 1 heterocycles. The first-order valence-corrected chi connectivity index (χ1v) is 11.7. The number of furan rings is 1. The fourth-order valence-electron chi connectivity index (χ4n) is 5.20. The van der Waals surface area contributed by atoms with Gasteiger partial charge in [0.2, 0.25) is 0 Å². The average molecular weight is 413 g/mol. The first-order chi connectivity index (χ1) is 14.6. The summed E-state index contributed by atoms with van der Waals surface area (Å²) in [5.41, 5.74) is 1.81. The Kier molecular flexibility index (Phi) is 6.67. The highest BCUT2D eigenvalue weighted by molar-refractivity contribution is 5.98. The van der Waals surface area contributed by atoms with Gasteiger partial charge in [-0.25, -0.2) is 0 Å². The summed E-state index contributed by atoms with van der Waals surface area (Å²) in [7, 11) is 1.64. The summed E-state index contributed by atoms with van der Waals surface area (Å²) in [5, 5.41) is 7.89. The minimum atomic E-state index is -0.117. The van der Waals surface area contributed by atoms with Gasteiger partial charge < -0.3 is 19.8 Å². The normalized spacial score (nSPS) is 25.4. The second-order valence-corrected chi connectivity index (χ2v) is 9.34. The summed E-state index contributed by atoms with van der Waals surface area (Å²) in [6.45, 7) is 5.49. The molecule has 3 atom stereocenters. The second kappa shape index (κ2) is 9.42. The molecule has 1 amide bonds. The Hall–Kier alpha value is -2.01. The second-order valence-electron chi connectivity index (χ2n) is 9.34. The lowest BCUT2D eigenvalue weighted by molar-refractivity contribution is 0.0901. The molecular formula is C25H36N2O3. The maximum atomic E-state index is 12.8. The van der Waals surface area contributed by atoms with Gasteiger partial charge in [0, 0.05) is 24.0 Å². The highest BCUT2D eigenvalue weighted by Gasteiger charge is 2.27. The molecule has 0 aliphatic heterocycles. The molecule has 3 unspecified atom stereocenters. The van der Waals surface area contributed by atoms with Crippen molar-refractivity contribution in [1.29, 1.82) is 0 Å². The molecule has 0 saturated heterocycles. The molecule has 30 heavy (non-hydrogen) atoms. The Bertz CT molecular complexity index is 869. The molecule has 0 spiro atoms. The molecule has 4 rings (SSSR count). The number of fused-ring (bicyclic) bond motifs is 1. The monoisotopic (exact) mass is 412 g/mol. The number of carbonyl (C=O) groups excluding carboxylic acids is 1. The maximum absolute atomic E-state index is 12.8. The van der Waals surface area contributed by atoms with Crippen LogP contribution in [0, 0.1) is 11.8 Å².